The van der Waals surface area contributed by atoms with Gasteiger partial charge < -0.3 is 10.6 Å². The van der Waals surface area contributed by atoms with Gasteiger partial charge in [-0.25, -0.2) is 0 Å². The fourth-order valence-electron chi connectivity index (χ4n) is 2.07. The van der Waals surface area contributed by atoms with E-state index >= 15 is 0 Å². The third kappa shape index (κ3) is 4.89. The first-order valence-corrected chi connectivity index (χ1v) is 6.88. The second kappa shape index (κ2) is 7.12. The average Bonchev–Trinajstić information content (AvgIpc) is 2.61. The van der Waals surface area contributed by atoms with Gasteiger partial charge in [-0.15, -0.1) is 0 Å². The molecule has 0 spiro atoms. The molecule has 3 nitrogen and oxygen atoms in total. The molecule has 0 heterocycles. The Morgan fingerprint density at radius 2 is 2.20 bits per heavy atom. The van der Waals surface area contributed by atoms with Crippen LogP contribution in [-0.4, -0.2) is 36.0 Å². The van der Waals surface area contributed by atoms with Crippen LogP contribution >= 0.6 is 11.8 Å². The Labute approximate surface area is 96.8 Å². The number of hydrogen-bond acceptors (Lipinski definition) is 3. The van der Waals surface area contributed by atoms with Crippen molar-refractivity contribution in [1.29, 1.82) is 0 Å². The zero-order valence-corrected chi connectivity index (χ0v) is 10.5. The predicted molar refractivity (Wildman–Crippen MR) is 66.2 cm³/mol. The Morgan fingerprint density at radius 1 is 1.40 bits per heavy atom. The molecule has 0 aromatic heterocycles. The zero-order chi connectivity index (χ0) is 11.1. The molecule has 1 amide bonds. The van der Waals surface area contributed by atoms with Gasteiger partial charge in [0.15, 0.2) is 0 Å². The monoisotopic (exact) mass is 230 g/mol. The standard InChI is InChI=1S/C11H22N2OS/c1-3-15-11-6-4-5-10(11)13-8-7-12-9(2)14/h10-11,13H,3-8H2,1-2H3,(H,12,14). The number of carbonyl (C=O) groups excluding carboxylic acids is 1. The Kier molecular flexibility index (Phi) is 6.10. The van der Waals surface area contributed by atoms with Gasteiger partial charge in [-0.05, 0) is 18.6 Å². The predicted octanol–water partition coefficient (Wildman–Crippen LogP) is 1.39. The molecule has 0 aromatic carbocycles. The van der Waals surface area contributed by atoms with E-state index in [1.54, 1.807) is 6.92 Å². The smallest absolute Gasteiger partial charge is 0.216 e. The van der Waals surface area contributed by atoms with Crippen LogP contribution in [0.25, 0.3) is 0 Å². The molecule has 1 fully saturated rings. The Balaban J connectivity index is 2.11. The van der Waals surface area contributed by atoms with Crippen molar-refractivity contribution in [3.8, 4) is 0 Å². The van der Waals surface area contributed by atoms with Crippen molar-refractivity contribution in [2.45, 2.75) is 44.4 Å². The summed E-state index contributed by atoms with van der Waals surface area (Å²) in [6.07, 6.45) is 3.98. The van der Waals surface area contributed by atoms with E-state index in [2.05, 4.69) is 29.3 Å². The third-order valence-electron chi connectivity index (χ3n) is 2.74. The first-order chi connectivity index (χ1) is 7.24. The molecule has 1 aliphatic carbocycles. The van der Waals surface area contributed by atoms with E-state index in [1.807, 2.05) is 0 Å². The van der Waals surface area contributed by atoms with Gasteiger partial charge in [0.1, 0.15) is 0 Å². The van der Waals surface area contributed by atoms with Gasteiger partial charge >= 0.3 is 0 Å². The summed E-state index contributed by atoms with van der Waals surface area (Å²) in [5, 5.41) is 7.13. The van der Waals surface area contributed by atoms with Gasteiger partial charge in [-0.2, -0.15) is 11.8 Å². The largest absolute Gasteiger partial charge is 0.355 e. The van der Waals surface area contributed by atoms with Gasteiger partial charge in [0, 0.05) is 31.3 Å². The molecule has 1 rings (SSSR count). The van der Waals surface area contributed by atoms with E-state index in [9.17, 15) is 4.79 Å². The molecule has 4 heteroatoms. The van der Waals surface area contributed by atoms with Crippen LogP contribution in [0.5, 0.6) is 0 Å². The molecule has 0 aromatic rings. The highest BCUT2D eigenvalue weighted by Gasteiger charge is 2.26. The maximum atomic E-state index is 10.7. The zero-order valence-electron chi connectivity index (χ0n) is 9.71. The van der Waals surface area contributed by atoms with Crippen LogP contribution in [-0.2, 0) is 4.79 Å². The van der Waals surface area contributed by atoms with Crippen LogP contribution < -0.4 is 10.6 Å². The summed E-state index contributed by atoms with van der Waals surface area (Å²) < 4.78 is 0. The highest BCUT2D eigenvalue weighted by atomic mass is 32.2. The number of rotatable bonds is 6. The fourth-order valence-corrected chi connectivity index (χ4v) is 3.30. The van der Waals surface area contributed by atoms with Gasteiger partial charge in [-0.1, -0.05) is 13.3 Å². The molecule has 15 heavy (non-hydrogen) atoms. The first kappa shape index (κ1) is 12.8. The molecule has 0 aliphatic heterocycles. The number of nitrogens with one attached hydrogen (secondary N) is 2. The molecule has 2 atom stereocenters. The van der Waals surface area contributed by atoms with Crippen LogP contribution in [0, 0.1) is 0 Å². The summed E-state index contributed by atoms with van der Waals surface area (Å²) >= 11 is 2.06. The van der Waals surface area contributed by atoms with Crippen molar-refractivity contribution in [1.82, 2.24) is 10.6 Å². The Morgan fingerprint density at radius 3 is 2.87 bits per heavy atom. The van der Waals surface area contributed by atoms with Crippen LogP contribution in [0.3, 0.4) is 0 Å². The number of amides is 1. The molecule has 88 valence electrons. The van der Waals surface area contributed by atoms with Crippen molar-refractivity contribution < 1.29 is 4.79 Å². The van der Waals surface area contributed by atoms with Crippen molar-refractivity contribution >= 4 is 17.7 Å². The van der Waals surface area contributed by atoms with Crippen LogP contribution in [0.1, 0.15) is 33.1 Å². The fraction of sp³-hybridized carbons (Fsp3) is 0.909. The van der Waals surface area contributed by atoms with Crippen molar-refractivity contribution in [3.63, 3.8) is 0 Å². The normalized spacial score (nSPS) is 25.5. The molecule has 0 bridgehead atoms. The minimum absolute atomic E-state index is 0.0581. The lowest BCUT2D eigenvalue weighted by molar-refractivity contribution is -0.118. The first-order valence-electron chi connectivity index (χ1n) is 5.83. The highest BCUT2D eigenvalue weighted by molar-refractivity contribution is 7.99. The lowest BCUT2D eigenvalue weighted by Gasteiger charge is -2.20. The second-order valence-electron chi connectivity index (χ2n) is 3.97. The van der Waals surface area contributed by atoms with Gasteiger partial charge in [0.2, 0.25) is 5.91 Å². The summed E-state index contributed by atoms with van der Waals surface area (Å²) in [5.74, 6) is 1.26. The van der Waals surface area contributed by atoms with Crippen molar-refractivity contribution in [3.05, 3.63) is 0 Å². The number of thioether (sulfide) groups is 1. The van der Waals surface area contributed by atoms with Crippen LogP contribution in [0.15, 0.2) is 0 Å². The lowest BCUT2D eigenvalue weighted by atomic mass is 10.2. The molecule has 2 N–H and O–H groups in total. The Hall–Kier alpha value is -0.220. The molecule has 2 unspecified atom stereocenters. The molecule has 0 radical (unpaired) electrons. The summed E-state index contributed by atoms with van der Waals surface area (Å²) in [6.45, 7) is 5.42. The topological polar surface area (TPSA) is 41.1 Å². The highest BCUT2D eigenvalue weighted by Crippen LogP contribution is 2.29. The number of carbonyl (C=O) groups is 1. The minimum Gasteiger partial charge on any atom is -0.355 e. The van der Waals surface area contributed by atoms with E-state index < -0.39 is 0 Å². The lowest BCUT2D eigenvalue weighted by Crippen LogP contribution is -2.39. The summed E-state index contributed by atoms with van der Waals surface area (Å²) in [5.41, 5.74) is 0. The van der Waals surface area contributed by atoms with Crippen molar-refractivity contribution in [2.75, 3.05) is 18.8 Å². The van der Waals surface area contributed by atoms with E-state index in [-0.39, 0.29) is 5.91 Å². The summed E-state index contributed by atoms with van der Waals surface area (Å²) in [7, 11) is 0. The van der Waals surface area contributed by atoms with Crippen LogP contribution in [0.4, 0.5) is 0 Å². The number of hydrogen-bond donors (Lipinski definition) is 2. The van der Waals surface area contributed by atoms with E-state index in [1.165, 1.54) is 25.0 Å². The van der Waals surface area contributed by atoms with E-state index in [0.717, 1.165) is 18.3 Å². The van der Waals surface area contributed by atoms with Gasteiger partial charge in [-0.3, -0.25) is 4.79 Å². The average molecular weight is 230 g/mol. The van der Waals surface area contributed by atoms with Gasteiger partial charge in [0.05, 0.1) is 0 Å². The molecule has 1 saturated carbocycles. The molecule has 1 aliphatic rings. The van der Waals surface area contributed by atoms with E-state index in [4.69, 9.17) is 0 Å². The van der Waals surface area contributed by atoms with Crippen LogP contribution in [0.2, 0.25) is 0 Å². The summed E-state index contributed by atoms with van der Waals surface area (Å²) in [4.78, 5) is 10.7. The van der Waals surface area contributed by atoms with E-state index in [0.29, 0.717) is 6.04 Å². The second-order valence-corrected chi connectivity index (χ2v) is 5.48. The summed E-state index contributed by atoms with van der Waals surface area (Å²) in [6, 6.07) is 0.656. The quantitative estimate of drug-likeness (QED) is 0.678. The maximum Gasteiger partial charge on any atom is 0.216 e. The molecular formula is C11H22N2OS. The maximum absolute atomic E-state index is 10.7. The van der Waals surface area contributed by atoms with Gasteiger partial charge in [0.25, 0.3) is 0 Å². The minimum atomic E-state index is 0.0581. The third-order valence-corrected chi connectivity index (χ3v) is 4.06. The molecular weight excluding hydrogens is 208 g/mol. The van der Waals surface area contributed by atoms with Crippen molar-refractivity contribution in [2.24, 2.45) is 0 Å². The Bertz CT molecular complexity index is 199. The SMILES string of the molecule is CCSC1CCCC1NCCNC(C)=O. The molecule has 0 saturated heterocycles.